The van der Waals surface area contributed by atoms with E-state index in [0.29, 0.717) is 19.5 Å². The molecule has 0 aliphatic heterocycles. The molecule has 0 radical (unpaired) electrons. The number of rotatable bonds is 14. The molecule has 4 aromatic rings. The molecular weight excluding hydrogens is 514 g/mol. The zero-order valence-electron chi connectivity index (χ0n) is 24.1. The molecule has 0 bridgehead atoms. The first-order chi connectivity index (χ1) is 19.9. The lowest BCUT2D eigenvalue weighted by atomic mass is 10.0. The Bertz CT molecular complexity index is 1440. The first-order valence-electron chi connectivity index (χ1n) is 14.6. The number of nitrogens with one attached hydrogen (secondary N) is 1. The predicted molar refractivity (Wildman–Crippen MR) is 164 cm³/mol. The molecule has 0 unspecified atom stereocenters. The van der Waals surface area contributed by atoms with E-state index in [4.69, 9.17) is 0 Å². The molecule has 0 aliphatic rings. The Hall–Kier alpha value is -4.26. The fourth-order valence-corrected chi connectivity index (χ4v) is 5.21. The van der Waals surface area contributed by atoms with Crippen LogP contribution in [0.2, 0.25) is 0 Å². The van der Waals surface area contributed by atoms with E-state index in [-0.39, 0.29) is 29.7 Å². The van der Waals surface area contributed by atoms with E-state index < -0.39 is 0 Å². The van der Waals surface area contributed by atoms with Crippen LogP contribution in [0.25, 0.3) is 22.2 Å². The van der Waals surface area contributed by atoms with Crippen molar-refractivity contribution in [2.24, 2.45) is 0 Å². The quantitative estimate of drug-likeness (QED) is 0.160. The van der Waals surface area contributed by atoms with E-state index in [2.05, 4.69) is 28.9 Å². The number of carbonyl (C=O) groups is 2. The molecule has 7 heteroatoms. The van der Waals surface area contributed by atoms with Crippen LogP contribution >= 0.6 is 0 Å². The number of hydrogen-bond donors (Lipinski definition) is 3. The summed E-state index contributed by atoms with van der Waals surface area (Å²) in [6.07, 6.45) is 5.26. The second-order valence-corrected chi connectivity index (χ2v) is 10.7. The number of aromatic hydroxyl groups is 2. The first kappa shape index (κ1) is 29.7. The maximum absolute atomic E-state index is 13.2. The standard InChI is InChI=1S/C34H41N3O4/c1-3-4-21-36(2)33(41)13-9-6-10-20-35-32(40)23-30-29-22-28(39)18-19-31(29)37(24-25-11-7-5-8-12-25)34(30)26-14-16-27(38)17-15-26/h5,7-8,11-12,14-19,22,38-39H,3-4,6,9-10,13,20-21,23-24H2,1-2H3,(H,35,40). The summed E-state index contributed by atoms with van der Waals surface area (Å²) in [5, 5.41) is 24.2. The Morgan fingerprint density at radius 1 is 0.878 bits per heavy atom. The van der Waals surface area contributed by atoms with Crippen LogP contribution in [0, 0.1) is 0 Å². The summed E-state index contributed by atoms with van der Waals surface area (Å²) in [7, 11) is 1.86. The van der Waals surface area contributed by atoms with Crippen molar-refractivity contribution in [3.8, 4) is 22.8 Å². The van der Waals surface area contributed by atoms with Crippen molar-refractivity contribution < 1.29 is 19.8 Å². The van der Waals surface area contributed by atoms with Crippen molar-refractivity contribution >= 4 is 22.7 Å². The lowest BCUT2D eigenvalue weighted by molar-refractivity contribution is -0.130. The summed E-state index contributed by atoms with van der Waals surface area (Å²) in [5.74, 6) is 0.399. The van der Waals surface area contributed by atoms with Crippen LogP contribution in [-0.4, -0.2) is 51.6 Å². The largest absolute Gasteiger partial charge is 0.508 e. The maximum atomic E-state index is 13.2. The molecule has 216 valence electrons. The second-order valence-electron chi connectivity index (χ2n) is 10.7. The number of fused-ring (bicyclic) bond motifs is 1. The fraction of sp³-hybridized carbons (Fsp3) is 0.353. The minimum atomic E-state index is -0.0949. The molecule has 41 heavy (non-hydrogen) atoms. The topological polar surface area (TPSA) is 94.8 Å². The van der Waals surface area contributed by atoms with Gasteiger partial charge < -0.3 is 25.0 Å². The Labute approximate surface area is 242 Å². The molecule has 4 rings (SSSR count). The van der Waals surface area contributed by atoms with Gasteiger partial charge in [0.15, 0.2) is 0 Å². The Kier molecular flexibility index (Phi) is 10.4. The van der Waals surface area contributed by atoms with Gasteiger partial charge in [0.25, 0.3) is 0 Å². The molecule has 7 nitrogen and oxygen atoms in total. The number of carbonyl (C=O) groups excluding carboxylic acids is 2. The summed E-state index contributed by atoms with van der Waals surface area (Å²) >= 11 is 0. The zero-order chi connectivity index (χ0) is 29.2. The van der Waals surface area contributed by atoms with Crippen LogP contribution in [0.4, 0.5) is 0 Å². The van der Waals surface area contributed by atoms with Crippen LogP contribution in [0.15, 0.2) is 72.8 Å². The van der Waals surface area contributed by atoms with Crippen LogP contribution in [0.5, 0.6) is 11.5 Å². The van der Waals surface area contributed by atoms with Crippen LogP contribution in [0.3, 0.4) is 0 Å². The number of unbranched alkanes of at least 4 members (excludes halogenated alkanes) is 3. The molecule has 0 fully saturated rings. The van der Waals surface area contributed by atoms with E-state index in [1.54, 1.807) is 24.3 Å². The minimum Gasteiger partial charge on any atom is -0.508 e. The molecule has 1 heterocycles. The summed E-state index contributed by atoms with van der Waals surface area (Å²) < 4.78 is 2.17. The fourth-order valence-electron chi connectivity index (χ4n) is 5.21. The van der Waals surface area contributed by atoms with Crippen LogP contribution in [0.1, 0.15) is 56.6 Å². The van der Waals surface area contributed by atoms with E-state index in [1.807, 2.05) is 48.3 Å². The highest BCUT2D eigenvalue weighted by Crippen LogP contribution is 2.37. The molecule has 0 saturated heterocycles. The molecule has 3 aromatic carbocycles. The van der Waals surface area contributed by atoms with Gasteiger partial charge in [-0.3, -0.25) is 9.59 Å². The van der Waals surface area contributed by atoms with E-state index in [0.717, 1.165) is 71.9 Å². The van der Waals surface area contributed by atoms with Crippen molar-refractivity contribution in [2.45, 2.75) is 58.4 Å². The Balaban J connectivity index is 1.49. The second kappa shape index (κ2) is 14.4. The van der Waals surface area contributed by atoms with Crippen molar-refractivity contribution in [3.05, 3.63) is 83.9 Å². The van der Waals surface area contributed by atoms with Gasteiger partial charge in [0.2, 0.25) is 11.8 Å². The van der Waals surface area contributed by atoms with Crippen LogP contribution in [-0.2, 0) is 22.6 Å². The highest BCUT2D eigenvalue weighted by atomic mass is 16.3. The van der Waals surface area contributed by atoms with Crippen molar-refractivity contribution in [1.29, 1.82) is 0 Å². The minimum absolute atomic E-state index is 0.0949. The number of aromatic nitrogens is 1. The SMILES string of the molecule is CCCCN(C)C(=O)CCCCCNC(=O)Cc1c(-c2ccc(O)cc2)n(Cc2ccccc2)c2ccc(O)cc12. The van der Waals surface area contributed by atoms with Crippen molar-refractivity contribution in [2.75, 3.05) is 20.1 Å². The third-order valence-electron chi connectivity index (χ3n) is 7.48. The van der Waals surface area contributed by atoms with Gasteiger partial charge in [-0.05, 0) is 78.4 Å². The Morgan fingerprint density at radius 2 is 1.61 bits per heavy atom. The Morgan fingerprint density at radius 3 is 2.34 bits per heavy atom. The number of nitrogens with zero attached hydrogens (tertiary/aromatic N) is 2. The average Bonchev–Trinajstić information content (AvgIpc) is 3.25. The van der Waals surface area contributed by atoms with Gasteiger partial charge in [0.1, 0.15) is 11.5 Å². The molecule has 2 amide bonds. The first-order valence-corrected chi connectivity index (χ1v) is 14.6. The van der Waals surface area contributed by atoms with E-state index in [1.165, 1.54) is 0 Å². The molecule has 0 atom stereocenters. The lowest BCUT2D eigenvalue weighted by Gasteiger charge is -2.16. The molecular formula is C34H41N3O4. The van der Waals surface area contributed by atoms with Gasteiger partial charge >= 0.3 is 0 Å². The normalized spacial score (nSPS) is 11.1. The van der Waals surface area contributed by atoms with Gasteiger partial charge in [-0.15, -0.1) is 0 Å². The lowest BCUT2D eigenvalue weighted by Crippen LogP contribution is -2.27. The van der Waals surface area contributed by atoms with Crippen molar-refractivity contribution in [3.63, 3.8) is 0 Å². The summed E-state index contributed by atoms with van der Waals surface area (Å²) in [5.41, 5.74) is 4.63. The molecule has 0 saturated carbocycles. The van der Waals surface area contributed by atoms with Gasteiger partial charge in [0, 0.05) is 44.0 Å². The van der Waals surface area contributed by atoms with E-state index >= 15 is 0 Å². The van der Waals surface area contributed by atoms with Gasteiger partial charge in [-0.25, -0.2) is 0 Å². The van der Waals surface area contributed by atoms with E-state index in [9.17, 15) is 19.8 Å². The average molecular weight is 556 g/mol. The number of phenolic OH excluding ortho intramolecular Hbond substituents is 2. The third kappa shape index (κ3) is 7.91. The number of benzene rings is 3. The molecule has 0 spiro atoms. The van der Waals surface area contributed by atoms with Gasteiger partial charge in [-0.1, -0.05) is 50.1 Å². The van der Waals surface area contributed by atoms with Crippen LogP contribution < -0.4 is 5.32 Å². The zero-order valence-corrected chi connectivity index (χ0v) is 24.1. The smallest absolute Gasteiger partial charge is 0.224 e. The molecule has 1 aromatic heterocycles. The number of hydrogen-bond acceptors (Lipinski definition) is 4. The summed E-state index contributed by atoms with van der Waals surface area (Å²) in [6, 6.07) is 22.4. The highest BCUT2D eigenvalue weighted by molar-refractivity contribution is 5.96. The van der Waals surface area contributed by atoms with Crippen molar-refractivity contribution in [1.82, 2.24) is 14.8 Å². The predicted octanol–water partition coefficient (Wildman–Crippen LogP) is 6.25. The monoisotopic (exact) mass is 555 g/mol. The third-order valence-corrected chi connectivity index (χ3v) is 7.48. The summed E-state index contributed by atoms with van der Waals surface area (Å²) in [4.78, 5) is 27.2. The van der Waals surface area contributed by atoms with Gasteiger partial charge in [-0.2, -0.15) is 0 Å². The molecule has 3 N–H and O–H groups in total. The van der Waals surface area contributed by atoms with Gasteiger partial charge in [0.05, 0.1) is 12.1 Å². The number of amides is 2. The maximum Gasteiger partial charge on any atom is 0.224 e. The highest BCUT2D eigenvalue weighted by Gasteiger charge is 2.21. The molecule has 0 aliphatic carbocycles. The number of phenols is 2. The summed E-state index contributed by atoms with van der Waals surface area (Å²) in [6.45, 7) is 4.05.